The van der Waals surface area contributed by atoms with Gasteiger partial charge in [-0.25, -0.2) is 4.39 Å². The van der Waals surface area contributed by atoms with Gasteiger partial charge in [0.2, 0.25) is 0 Å². The van der Waals surface area contributed by atoms with Crippen LogP contribution in [-0.2, 0) is 12.8 Å². The van der Waals surface area contributed by atoms with E-state index in [0.717, 1.165) is 5.56 Å². The molecule has 0 radical (unpaired) electrons. The fraction of sp³-hybridized carbons (Fsp3) is 0.214. The van der Waals surface area contributed by atoms with Crippen LogP contribution in [0.25, 0.3) is 0 Å². The largest absolute Gasteiger partial charge is 0.392 e. The average Bonchev–Trinajstić information content (AvgIpc) is 2.35. The molecule has 2 nitrogen and oxygen atoms in total. The highest BCUT2D eigenvalue weighted by molar-refractivity contribution is 6.30. The van der Waals surface area contributed by atoms with Crippen LogP contribution in [-0.4, -0.2) is 16.2 Å². The quantitative estimate of drug-likeness (QED) is 0.922. The van der Waals surface area contributed by atoms with Gasteiger partial charge >= 0.3 is 0 Å². The minimum atomic E-state index is -0.651. The van der Waals surface area contributed by atoms with Crippen LogP contribution >= 0.6 is 11.6 Å². The van der Waals surface area contributed by atoms with E-state index in [1.54, 1.807) is 18.5 Å². The number of halogens is 2. The number of aliphatic hydroxyl groups excluding tert-OH is 1. The minimum Gasteiger partial charge on any atom is -0.392 e. The molecule has 1 aromatic carbocycles. The Labute approximate surface area is 110 Å². The van der Waals surface area contributed by atoms with Crippen LogP contribution < -0.4 is 0 Å². The molecule has 0 fully saturated rings. The summed E-state index contributed by atoms with van der Waals surface area (Å²) in [5, 5.41) is 10.4. The first-order valence-electron chi connectivity index (χ1n) is 5.66. The predicted molar refractivity (Wildman–Crippen MR) is 69.1 cm³/mol. The molecule has 0 bridgehead atoms. The van der Waals surface area contributed by atoms with E-state index in [4.69, 9.17) is 11.6 Å². The zero-order valence-corrected chi connectivity index (χ0v) is 10.4. The van der Waals surface area contributed by atoms with Gasteiger partial charge in [-0.15, -0.1) is 0 Å². The summed E-state index contributed by atoms with van der Waals surface area (Å²) >= 11 is 5.80. The van der Waals surface area contributed by atoms with Crippen molar-refractivity contribution in [3.63, 3.8) is 0 Å². The number of benzene rings is 1. The molecule has 0 aliphatic heterocycles. The van der Waals surface area contributed by atoms with E-state index in [0.29, 0.717) is 17.0 Å². The fourth-order valence-corrected chi connectivity index (χ4v) is 2.01. The van der Waals surface area contributed by atoms with E-state index in [9.17, 15) is 9.50 Å². The Morgan fingerprint density at radius 1 is 1.28 bits per heavy atom. The van der Waals surface area contributed by atoms with E-state index in [-0.39, 0.29) is 12.2 Å². The molecule has 2 aromatic rings. The van der Waals surface area contributed by atoms with Crippen molar-refractivity contribution in [1.29, 1.82) is 0 Å². The van der Waals surface area contributed by atoms with E-state index in [1.807, 2.05) is 12.1 Å². The molecule has 0 saturated carbocycles. The zero-order valence-electron chi connectivity index (χ0n) is 9.68. The summed E-state index contributed by atoms with van der Waals surface area (Å²) in [6, 6.07) is 8.04. The van der Waals surface area contributed by atoms with Crippen LogP contribution in [0.3, 0.4) is 0 Å². The summed E-state index contributed by atoms with van der Waals surface area (Å²) in [5.74, 6) is -0.343. The number of rotatable bonds is 4. The third-order valence-electron chi connectivity index (χ3n) is 2.66. The van der Waals surface area contributed by atoms with E-state index < -0.39 is 6.10 Å². The summed E-state index contributed by atoms with van der Waals surface area (Å²) in [7, 11) is 0. The van der Waals surface area contributed by atoms with Gasteiger partial charge in [0, 0.05) is 30.3 Å². The molecule has 0 aliphatic rings. The normalized spacial score (nSPS) is 12.4. The topological polar surface area (TPSA) is 33.1 Å². The lowest BCUT2D eigenvalue weighted by molar-refractivity contribution is 0.174. The van der Waals surface area contributed by atoms with Gasteiger partial charge < -0.3 is 5.11 Å². The second-order valence-corrected chi connectivity index (χ2v) is 4.60. The molecule has 1 heterocycles. The van der Waals surface area contributed by atoms with Gasteiger partial charge in [-0.1, -0.05) is 17.7 Å². The Bertz CT molecular complexity index is 518. The second-order valence-electron chi connectivity index (χ2n) is 4.16. The van der Waals surface area contributed by atoms with Crippen LogP contribution in [0.2, 0.25) is 5.02 Å². The number of aromatic nitrogens is 1. The summed E-state index contributed by atoms with van der Waals surface area (Å²) in [6.07, 6.45) is 3.40. The van der Waals surface area contributed by atoms with Crippen molar-refractivity contribution in [2.45, 2.75) is 18.9 Å². The molecule has 4 heteroatoms. The molecule has 0 amide bonds. The smallest absolute Gasteiger partial charge is 0.126 e. The van der Waals surface area contributed by atoms with Crippen LogP contribution in [0.5, 0.6) is 0 Å². The number of hydrogen-bond donors (Lipinski definition) is 1. The molecule has 1 aromatic heterocycles. The van der Waals surface area contributed by atoms with Crippen molar-refractivity contribution < 1.29 is 9.50 Å². The first-order chi connectivity index (χ1) is 8.65. The molecule has 2 rings (SSSR count). The lowest BCUT2D eigenvalue weighted by atomic mass is 10.0. The number of pyridine rings is 1. The van der Waals surface area contributed by atoms with Gasteiger partial charge in [-0.05, 0) is 35.4 Å². The molecule has 18 heavy (non-hydrogen) atoms. The first kappa shape index (κ1) is 13.0. The molecule has 94 valence electrons. The van der Waals surface area contributed by atoms with Crippen LogP contribution in [0, 0.1) is 5.82 Å². The standard InChI is InChI=1S/C14H13ClFNO/c15-12-3-4-14(16)11(7-12)8-13(18)6-10-2-1-5-17-9-10/h1-5,7,9,13,18H,6,8H2. The maximum absolute atomic E-state index is 13.5. The number of aliphatic hydroxyl groups is 1. The van der Waals surface area contributed by atoms with Crippen molar-refractivity contribution in [2.24, 2.45) is 0 Å². The van der Waals surface area contributed by atoms with Crippen molar-refractivity contribution >= 4 is 11.6 Å². The lowest BCUT2D eigenvalue weighted by Crippen LogP contribution is -2.15. The highest BCUT2D eigenvalue weighted by Crippen LogP contribution is 2.17. The van der Waals surface area contributed by atoms with E-state index in [1.165, 1.54) is 12.1 Å². The molecule has 1 atom stereocenters. The van der Waals surface area contributed by atoms with Crippen molar-refractivity contribution in [3.8, 4) is 0 Å². The summed E-state index contributed by atoms with van der Waals surface area (Å²) < 4.78 is 13.5. The van der Waals surface area contributed by atoms with Crippen LogP contribution in [0.1, 0.15) is 11.1 Å². The Kier molecular flexibility index (Phi) is 4.28. The SMILES string of the molecule is OC(Cc1cccnc1)Cc1cc(Cl)ccc1F. The second kappa shape index (κ2) is 5.94. The Hall–Kier alpha value is -1.45. The molecule has 0 spiro atoms. The van der Waals surface area contributed by atoms with Gasteiger partial charge in [-0.2, -0.15) is 0 Å². The fourth-order valence-electron chi connectivity index (χ4n) is 1.82. The van der Waals surface area contributed by atoms with Gasteiger partial charge in [0.05, 0.1) is 6.10 Å². The van der Waals surface area contributed by atoms with Gasteiger partial charge in [0.25, 0.3) is 0 Å². The number of nitrogens with zero attached hydrogens (tertiary/aromatic N) is 1. The lowest BCUT2D eigenvalue weighted by Gasteiger charge is -2.11. The first-order valence-corrected chi connectivity index (χ1v) is 6.04. The minimum absolute atomic E-state index is 0.237. The summed E-state index contributed by atoms with van der Waals surface area (Å²) in [6.45, 7) is 0. The third kappa shape index (κ3) is 3.52. The van der Waals surface area contributed by atoms with Crippen molar-refractivity contribution in [2.75, 3.05) is 0 Å². The summed E-state index contributed by atoms with van der Waals surface area (Å²) in [5.41, 5.74) is 1.35. The molecule has 1 unspecified atom stereocenters. The molecule has 0 saturated heterocycles. The molecule has 0 aliphatic carbocycles. The molecular formula is C14H13ClFNO. The summed E-state index contributed by atoms with van der Waals surface area (Å²) in [4.78, 5) is 3.97. The Morgan fingerprint density at radius 3 is 2.83 bits per heavy atom. The predicted octanol–water partition coefficient (Wildman–Crippen LogP) is 3.02. The van der Waals surface area contributed by atoms with Crippen LogP contribution in [0.4, 0.5) is 4.39 Å². The maximum Gasteiger partial charge on any atom is 0.126 e. The Balaban J connectivity index is 2.03. The van der Waals surface area contributed by atoms with Crippen molar-refractivity contribution in [1.82, 2.24) is 4.98 Å². The maximum atomic E-state index is 13.5. The van der Waals surface area contributed by atoms with E-state index >= 15 is 0 Å². The molecule has 1 N–H and O–H groups in total. The highest BCUT2D eigenvalue weighted by atomic mass is 35.5. The average molecular weight is 266 g/mol. The van der Waals surface area contributed by atoms with E-state index in [2.05, 4.69) is 4.98 Å². The zero-order chi connectivity index (χ0) is 13.0. The van der Waals surface area contributed by atoms with Crippen LogP contribution in [0.15, 0.2) is 42.7 Å². The molecular weight excluding hydrogens is 253 g/mol. The highest BCUT2D eigenvalue weighted by Gasteiger charge is 2.11. The third-order valence-corrected chi connectivity index (χ3v) is 2.89. The van der Waals surface area contributed by atoms with Gasteiger partial charge in [0.1, 0.15) is 5.82 Å². The van der Waals surface area contributed by atoms with Gasteiger partial charge in [-0.3, -0.25) is 4.98 Å². The van der Waals surface area contributed by atoms with Crippen molar-refractivity contribution in [3.05, 3.63) is 64.7 Å². The van der Waals surface area contributed by atoms with Gasteiger partial charge in [0.15, 0.2) is 0 Å². The number of hydrogen-bond acceptors (Lipinski definition) is 2. The monoisotopic (exact) mass is 265 g/mol. The Morgan fingerprint density at radius 2 is 2.11 bits per heavy atom.